The lowest BCUT2D eigenvalue weighted by molar-refractivity contribution is -0.142. The Morgan fingerprint density at radius 1 is 1.15 bits per heavy atom. The van der Waals surface area contributed by atoms with Crippen LogP contribution in [0.4, 0.5) is 0 Å². The van der Waals surface area contributed by atoms with E-state index >= 15 is 0 Å². The lowest BCUT2D eigenvalue weighted by atomic mass is 10.1. The maximum atomic E-state index is 12.8. The topological polar surface area (TPSA) is 58.6 Å². The fraction of sp³-hybridized carbons (Fsp3) is 0.333. The van der Waals surface area contributed by atoms with Crippen molar-refractivity contribution in [2.45, 2.75) is 33.4 Å². The van der Waals surface area contributed by atoms with E-state index in [-0.39, 0.29) is 25.0 Å². The van der Waals surface area contributed by atoms with Gasteiger partial charge >= 0.3 is 0 Å². The Morgan fingerprint density at radius 3 is 2.48 bits per heavy atom. The van der Waals surface area contributed by atoms with E-state index in [1.54, 1.807) is 20.0 Å². The van der Waals surface area contributed by atoms with E-state index in [0.717, 1.165) is 16.7 Å². The van der Waals surface area contributed by atoms with Gasteiger partial charge in [0.25, 0.3) is 5.91 Å². The Hall–Kier alpha value is -2.53. The van der Waals surface area contributed by atoms with Gasteiger partial charge in [0.1, 0.15) is 11.8 Å². The van der Waals surface area contributed by atoms with E-state index in [4.69, 9.17) is 16.3 Å². The van der Waals surface area contributed by atoms with Crippen LogP contribution in [0.5, 0.6) is 5.75 Å². The van der Waals surface area contributed by atoms with Crippen molar-refractivity contribution in [3.63, 3.8) is 0 Å². The number of hydrogen-bond acceptors (Lipinski definition) is 3. The summed E-state index contributed by atoms with van der Waals surface area (Å²) in [7, 11) is 1.54. The molecule has 2 amide bonds. The first kappa shape index (κ1) is 20.8. The minimum Gasteiger partial charge on any atom is -0.484 e. The molecule has 5 nitrogen and oxygen atoms in total. The highest BCUT2D eigenvalue weighted by Crippen LogP contribution is 2.20. The third-order valence-corrected chi connectivity index (χ3v) is 4.92. The average Bonchev–Trinajstić information content (AvgIpc) is 2.66. The molecule has 0 saturated heterocycles. The molecular weight excluding hydrogens is 364 g/mol. The quantitative estimate of drug-likeness (QED) is 0.789. The number of hydrogen-bond donors (Lipinski definition) is 1. The van der Waals surface area contributed by atoms with Gasteiger partial charge in [0.05, 0.1) is 0 Å². The number of likely N-dealkylation sites (N-methyl/N-ethyl adjacent to an activating group) is 1. The number of ether oxygens (including phenoxy) is 1. The molecule has 2 aromatic rings. The standard InChI is InChI=1S/C21H25ClN2O3/c1-14-9-10-18(11-15(14)2)27-13-20(25)24(16(3)21(26)23-4)12-17-7-5-6-8-19(17)22/h5-11,16H,12-13H2,1-4H3,(H,23,26)/t16-/m0/s1. The summed E-state index contributed by atoms with van der Waals surface area (Å²) in [6.45, 7) is 5.75. The van der Waals surface area contributed by atoms with Crippen LogP contribution in [0, 0.1) is 13.8 Å². The third-order valence-electron chi connectivity index (χ3n) is 4.55. The first-order valence-corrected chi connectivity index (χ1v) is 9.15. The number of aryl methyl sites for hydroxylation is 2. The molecule has 0 unspecified atom stereocenters. The fourth-order valence-electron chi connectivity index (χ4n) is 2.63. The number of carbonyl (C=O) groups excluding carboxylic acids is 2. The number of nitrogens with one attached hydrogen (secondary N) is 1. The molecule has 6 heteroatoms. The Balaban J connectivity index is 2.16. The van der Waals surface area contributed by atoms with Crippen LogP contribution < -0.4 is 10.1 Å². The van der Waals surface area contributed by atoms with Crippen LogP contribution >= 0.6 is 11.6 Å². The van der Waals surface area contributed by atoms with Gasteiger partial charge in [0, 0.05) is 18.6 Å². The highest BCUT2D eigenvalue weighted by molar-refractivity contribution is 6.31. The highest BCUT2D eigenvalue weighted by Gasteiger charge is 2.26. The van der Waals surface area contributed by atoms with Crippen molar-refractivity contribution in [2.75, 3.05) is 13.7 Å². The lowest BCUT2D eigenvalue weighted by Crippen LogP contribution is -2.48. The monoisotopic (exact) mass is 388 g/mol. The molecule has 0 heterocycles. The van der Waals surface area contributed by atoms with Crippen molar-refractivity contribution in [3.8, 4) is 5.75 Å². The van der Waals surface area contributed by atoms with Crippen molar-refractivity contribution in [2.24, 2.45) is 0 Å². The minimum atomic E-state index is -0.651. The van der Waals surface area contributed by atoms with Crippen LogP contribution in [0.25, 0.3) is 0 Å². The number of halogens is 1. The highest BCUT2D eigenvalue weighted by atomic mass is 35.5. The largest absolute Gasteiger partial charge is 0.484 e. The zero-order valence-electron chi connectivity index (χ0n) is 16.1. The SMILES string of the molecule is CNC(=O)[C@H](C)N(Cc1ccccc1Cl)C(=O)COc1ccc(C)c(C)c1. The molecule has 0 bridgehead atoms. The molecule has 0 radical (unpaired) electrons. The second kappa shape index (κ2) is 9.42. The number of rotatable bonds is 7. The maximum absolute atomic E-state index is 12.8. The first-order valence-electron chi connectivity index (χ1n) is 8.78. The fourth-order valence-corrected chi connectivity index (χ4v) is 2.83. The molecule has 1 atom stereocenters. The summed E-state index contributed by atoms with van der Waals surface area (Å²) in [5.41, 5.74) is 3.02. The number of carbonyl (C=O) groups is 2. The second-order valence-electron chi connectivity index (χ2n) is 6.44. The van der Waals surface area contributed by atoms with Gasteiger partial charge in [-0.2, -0.15) is 0 Å². The second-order valence-corrected chi connectivity index (χ2v) is 6.85. The van der Waals surface area contributed by atoms with Crippen LogP contribution in [0.1, 0.15) is 23.6 Å². The van der Waals surface area contributed by atoms with Crippen molar-refractivity contribution in [1.82, 2.24) is 10.2 Å². The van der Waals surface area contributed by atoms with Gasteiger partial charge in [-0.05, 0) is 55.7 Å². The number of nitrogens with zero attached hydrogens (tertiary/aromatic N) is 1. The van der Waals surface area contributed by atoms with E-state index in [2.05, 4.69) is 5.32 Å². The van der Waals surface area contributed by atoms with Crippen molar-refractivity contribution < 1.29 is 14.3 Å². The molecule has 0 saturated carbocycles. The van der Waals surface area contributed by atoms with E-state index in [9.17, 15) is 9.59 Å². The Morgan fingerprint density at radius 2 is 1.85 bits per heavy atom. The van der Waals surface area contributed by atoms with E-state index in [0.29, 0.717) is 10.8 Å². The van der Waals surface area contributed by atoms with Crippen LogP contribution in [0.2, 0.25) is 5.02 Å². The van der Waals surface area contributed by atoms with Crippen molar-refractivity contribution in [3.05, 3.63) is 64.2 Å². The summed E-state index contributed by atoms with van der Waals surface area (Å²) in [4.78, 5) is 26.4. The van der Waals surface area contributed by atoms with E-state index in [1.807, 2.05) is 50.2 Å². The van der Waals surface area contributed by atoms with Crippen LogP contribution in [0.3, 0.4) is 0 Å². The lowest BCUT2D eigenvalue weighted by Gasteiger charge is -2.28. The molecule has 0 aliphatic heterocycles. The molecule has 0 fully saturated rings. The Labute approximate surface area is 165 Å². The number of benzene rings is 2. The number of amides is 2. The molecule has 2 rings (SSSR count). The van der Waals surface area contributed by atoms with Gasteiger partial charge in [0.2, 0.25) is 5.91 Å². The van der Waals surface area contributed by atoms with Crippen molar-refractivity contribution in [1.29, 1.82) is 0 Å². The molecule has 0 spiro atoms. The molecule has 2 aromatic carbocycles. The van der Waals surface area contributed by atoms with Gasteiger partial charge in [0.15, 0.2) is 6.61 Å². The van der Waals surface area contributed by atoms with Crippen molar-refractivity contribution >= 4 is 23.4 Å². The minimum absolute atomic E-state index is 0.158. The molecular formula is C21H25ClN2O3. The molecule has 0 aliphatic carbocycles. The van der Waals surface area contributed by atoms with Crippen LogP contribution in [0.15, 0.2) is 42.5 Å². The molecule has 27 heavy (non-hydrogen) atoms. The van der Waals surface area contributed by atoms with Gasteiger partial charge in [-0.1, -0.05) is 35.9 Å². The third kappa shape index (κ3) is 5.47. The molecule has 1 N–H and O–H groups in total. The maximum Gasteiger partial charge on any atom is 0.261 e. The predicted molar refractivity (Wildman–Crippen MR) is 107 cm³/mol. The van der Waals surface area contributed by atoms with Gasteiger partial charge in [-0.3, -0.25) is 9.59 Å². The first-order chi connectivity index (χ1) is 12.8. The Kier molecular flexibility index (Phi) is 7.25. The summed E-state index contributed by atoms with van der Waals surface area (Å²) in [5, 5.41) is 3.13. The molecule has 0 aromatic heterocycles. The Bertz CT molecular complexity index is 823. The molecule has 0 aliphatic rings. The smallest absolute Gasteiger partial charge is 0.261 e. The van der Waals surface area contributed by atoms with Crippen LogP contribution in [-0.2, 0) is 16.1 Å². The summed E-state index contributed by atoms with van der Waals surface area (Å²) in [6.07, 6.45) is 0. The average molecular weight is 389 g/mol. The van der Waals surface area contributed by atoms with Gasteiger partial charge in [-0.25, -0.2) is 0 Å². The van der Waals surface area contributed by atoms with Gasteiger partial charge in [-0.15, -0.1) is 0 Å². The van der Waals surface area contributed by atoms with Crippen LogP contribution in [-0.4, -0.2) is 36.4 Å². The summed E-state index contributed by atoms with van der Waals surface area (Å²) >= 11 is 6.23. The molecule has 144 valence electrons. The summed E-state index contributed by atoms with van der Waals surface area (Å²) in [5.74, 6) is 0.0857. The zero-order valence-corrected chi connectivity index (χ0v) is 16.8. The van der Waals surface area contributed by atoms with E-state index in [1.165, 1.54) is 4.90 Å². The van der Waals surface area contributed by atoms with E-state index < -0.39 is 6.04 Å². The van der Waals surface area contributed by atoms with Gasteiger partial charge < -0.3 is 15.0 Å². The summed E-state index contributed by atoms with van der Waals surface area (Å²) in [6, 6.07) is 12.3. The summed E-state index contributed by atoms with van der Waals surface area (Å²) < 4.78 is 5.66. The zero-order chi connectivity index (χ0) is 20.0. The normalized spacial score (nSPS) is 11.6. The predicted octanol–water partition coefficient (Wildman–Crippen LogP) is 3.50.